The molecule has 0 aliphatic rings. The lowest BCUT2D eigenvalue weighted by molar-refractivity contribution is -0.384. The third kappa shape index (κ3) is 5.91. The molecule has 0 atom stereocenters. The minimum Gasteiger partial charge on any atom is -0.493 e. The second kappa shape index (κ2) is 10.5. The molecule has 0 spiro atoms. The Morgan fingerprint density at radius 3 is 2.33 bits per heavy atom. The van der Waals surface area contributed by atoms with Gasteiger partial charge in [-0.1, -0.05) is 18.2 Å². The summed E-state index contributed by atoms with van der Waals surface area (Å²) in [4.78, 5) is 33.4. The summed E-state index contributed by atoms with van der Waals surface area (Å²) in [6.07, 6.45) is 1.38. The van der Waals surface area contributed by atoms with Crippen LogP contribution in [0.4, 0.5) is 5.69 Å². The first-order valence-electron chi connectivity index (χ1n) is 9.59. The number of carbonyl (C=O) groups is 2. The quantitative estimate of drug-likeness (QED) is 0.289. The molecule has 168 valence electrons. The second-order valence-corrected chi connectivity index (χ2v) is 6.67. The number of hydrogen-bond donors (Lipinski definition) is 2. The Kier molecular flexibility index (Phi) is 7.32. The van der Waals surface area contributed by atoms with Crippen LogP contribution in [-0.4, -0.2) is 35.2 Å². The number of methoxy groups -OCH3 is 1. The summed E-state index contributed by atoms with van der Waals surface area (Å²) in [5, 5.41) is 23.7. The zero-order valence-corrected chi connectivity index (χ0v) is 17.4. The number of non-ortho nitro benzene ring substituents is 1. The predicted octanol–water partition coefficient (Wildman–Crippen LogP) is 3.64. The molecule has 3 aromatic carbocycles. The van der Waals surface area contributed by atoms with Crippen molar-refractivity contribution in [1.29, 1.82) is 0 Å². The molecule has 0 radical (unpaired) electrons. The van der Waals surface area contributed by atoms with Crippen molar-refractivity contribution in [3.05, 3.63) is 99.1 Å². The number of nitro benzene ring substituents is 1. The number of hydrazone groups is 1. The lowest BCUT2D eigenvalue weighted by Crippen LogP contribution is -2.17. The molecule has 2 N–H and O–H groups in total. The van der Waals surface area contributed by atoms with Gasteiger partial charge in [0.05, 0.1) is 23.8 Å². The zero-order valence-electron chi connectivity index (χ0n) is 17.4. The number of nitrogens with one attached hydrogen (secondary N) is 1. The Hall–Kier alpha value is -4.73. The van der Waals surface area contributed by atoms with Crippen molar-refractivity contribution in [1.82, 2.24) is 5.43 Å². The lowest BCUT2D eigenvalue weighted by atomic mass is 10.1. The van der Waals surface area contributed by atoms with E-state index in [0.717, 1.165) is 5.56 Å². The first kappa shape index (κ1) is 22.9. The summed E-state index contributed by atoms with van der Waals surface area (Å²) in [6.45, 7) is 0.149. The van der Waals surface area contributed by atoms with Crippen molar-refractivity contribution in [2.75, 3.05) is 7.11 Å². The number of hydrogen-bond acceptors (Lipinski definition) is 7. The molecule has 0 saturated heterocycles. The number of carboxylic acids is 1. The SMILES string of the molecule is COc1cccc(/C=N\NC(=O)c2ccc([N+](=O)[O-])cc2)c1OCc1ccc(C(=O)O)cc1. The molecule has 10 heteroatoms. The first-order valence-corrected chi connectivity index (χ1v) is 9.59. The van der Waals surface area contributed by atoms with Gasteiger partial charge in [0.25, 0.3) is 11.6 Å². The maximum Gasteiger partial charge on any atom is 0.335 e. The maximum absolute atomic E-state index is 12.2. The van der Waals surface area contributed by atoms with Crippen LogP contribution in [0.15, 0.2) is 71.8 Å². The molecular formula is C23H19N3O7. The molecule has 0 aromatic heterocycles. The van der Waals surface area contributed by atoms with E-state index in [2.05, 4.69) is 10.5 Å². The summed E-state index contributed by atoms with van der Waals surface area (Å²) in [5.74, 6) is -0.718. The van der Waals surface area contributed by atoms with Gasteiger partial charge in [0, 0.05) is 23.3 Å². The van der Waals surface area contributed by atoms with Crippen molar-refractivity contribution >= 4 is 23.8 Å². The Morgan fingerprint density at radius 1 is 1.06 bits per heavy atom. The standard InChI is InChI=1S/C23H19N3O7/c1-32-20-4-2-3-18(21(20)33-14-15-5-7-17(8-6-15)23(28)29)13-24-25-22(27)16-9-11-19(12-10-16)26(30)31/h2-13H,14H2,1H3,(H,25,27)(H,28,29)/b24-13-. The van der Waals surface area contributed by atoms with Crippen molar-refractivity contribution in [2.45, 2.75) is 6.61 Å². The van der Waals surface area contributed by atoms with Gasteiger partial charge in [-0.15, -0.1) is 0 Å². The normalized spacial score (nSPS) is 10.6. The van der Waals surface area contributed by atoms with Crippen LogP contribution in [0, 0.1) is 10.1 Å². The summed E-state index contributed by atoms with van der Waals surface area (Å²) >= 11 is 0. The van der Waals surface area contributed by atoms with E-state index in [1.165, 1.54) is 49.7 Å². The third-order valence-electron chi connectivity index (χ3n) is 4.52. The molecule has 0 bridgehead atoms. The Morgan fingerprint density at radius 2 is 1.73 bits per heavy atom. The van der Waals surface area contributed by atoms with Crippen molar-refractivity contribution < 1.29 is 29.1 Å². The number of amides is 1. The fourth-order valence-electron chi connectivity index (χ4n) is 2.81. The van der Waals surface area contributed by atoms with Gasteiger partial charge >= 0.3 is 5.97 Å². The fraction of sp³-hybridized carbons (Fsp3) is 0.0870. The Bertz CT molecular complexity index is 1190. The minimum atomic E-state index is -1.01. The van der Waals surface area contributed by atoms with E-state index in [9.17, 15) is 19.7 Å². The number of carbonyl (C=O) groups excluding carboxylic acids is 1. The van der Waals surface area contributed by atoms with E-state index in [-0.39, 0.29) is 23.4 Å². The van der Waals surface area contributed by atoms with Crippen LogP contribution in [0.3, 0.4) is 0 Å². The van der Waals surface area contributed by atoms with Crippen LogP contribution in [0.2, 0.25) is 0 Å². The molecule has 0 fully saturated rings. The molecule has 3 aromatic rings. The van der Waals surface area contributed by atoms with Crippen molar-refractivity contribution in [3.8, 4) is 11.5 Å². The van der Waals surface area contributed by atoms with E-state index in [4.69, 9.17) is 14.6 Å². The number of rotatable bonds is 9. The number of nitro groups is 1. The first-order chi connectivity index (χ1) is 15.9. The van der Waals surface area contributed by atoms with Crippen LogP contribution in [0.25, 0.3) is 0 Å². The van der Waals surface area contributed by atoms with Crippen LogP contribution in [0.5, 0.6) is 11.5 Å². The maximum atomic E-state index is 12.2. The molecule has 10 nitrogen and oxygen atoms in total. The minimum absolute atomic E-state index is 0.120. The second-order valence-electron chi connectivity index (χ2n) is 6.67. The molecule has 0 heterocycles. The smallest absolute Gasteiger partial charge is 0.335 e. The fourth-order valence-corrected chi connectivity index (χ4v) is 2.81. The highest BCUT2D eigenvalue weighted by atomic mass is 16.6. The largest absolute Gasteiger partial charge is 0.493 e. The van der Waals surface area contributed by atoms with Gasteiger partial charge < -0.3 is 14.6 Å². The van der Waals surface area contributed by atoms with Crippen molar-refractivity contribution in [2.24, 2.45) is 5.10 Å². The topological polar surface area (TPSA) is 140 Å². The number of nitrogens with zero attached hydrogens (tertiary/aromatic N) is 2. The molecule has 1 amide bonds. The number of benzene rings is 3. The van der Waals surface area contributed by atoms with Gasteiger partial charge in [-0.25, -0.2) is 10.2 Å². The predicted molar refractivity (Wildman–Crippen MR) is 119 cm³/mol. The van der Waals surface area contributed by atoms with Gasteiger partial charge in [0.15, 0.2) is 11.5 Å². The summed E-state index contributed by atoms with van der Waals surface area (Å²) in [6, 6.07) is 16.5. The average Bonchev–Trinajstić information content (AvgIpc) is 2.83. The molecule has 0 unspecified atom stereocenters. The summed E-state index contributed by atoms with van der Waals surface area (Å²) in [7, 11) is 1.49. The lowest BCUT2D eigenvalue weighted by Gasteiger charge is -2.13. The van der Waals surface area contributed by atoms with E-state index < -0.39 is 16.8 Å². The summed E-state index contributed by atoms with van der Waals surface area (Å²) < 4.78 is 11.2. The summed E-state index contributed by atoms with van der Waals surface area (Å²) in [5.41, 5.74) is 3.91. The van der Waals surface area contributed by atoms with Crippen LogP contribution >= 0.6 is 0 Å². The van der Waals surface area contributed by atoms with Gasteiger partial charge in [0.1, 0.15) is 6.61 Å². The highest BCUT2D eigenvalue weighted by Gasteiger charge is 2.12. The number of aromatic carboxylic acids is 1. The van der Waals surface area contributed by atoms with Crippen LogP contribution in [-0.2, 0) is 6.61 Å². The zero-order chi connectivity index (χ0) is 23.8. The third-order valence-corrected chi connectivity index (χ3v) is 4.52. The molecule has 0 saturated carbocycles. The van der Waals surface area contributed by atoms with Gasteiger partial charge in [-0.2, -0.15) is 5.10 Å². The number of carboxylic acid groups (broad SMARTS) is 1. The van der Waals surface area contributed by atoms with E-state index in [0.29, 0.717) is 17.1 Å². The Balaban J connectivity index is 1.71. The molecule has 3 rings (SSSR count). The average molecular weight is 449 g/mol. The van der Waals surface area contributed by atoms with Gasteiger partial charge in [0.2, 0.25) is 0 Å². The van der Waals surface area contributed by atoms with E-state index >= 15 is 0 Å². The van der Waals surface area contributed by atoms with Crippen molar-refractivity contribution in [3.63, 3.8) is 0 Å². The van der Waals surface area contributed by atoms with Crippen LogP contribution < -0.4 is 14.9 Å². The van der Waals surface area contributed by atoms with Gasteiger partial charge in [-0.05, 0) is 42.0 Å². The molecule has 0 aliphatic heterocycles. The number of para-hydroxylation sites is 1. The monoisotopic (exact) mass is 449 g/mol. The van der Waals surface area contributed by atoms with Gasteiger partial charge in [-0.3, -0.25) is 14.9 Å². The highest BCUT2D eigenvalue weighted by molar-refractivity contribution is 5.95. The molecule has 33 heavy (non-hydrogen) atoms. The number of ether oxygens (including phenoxy) is 2. The molecular weight excluding hydrogens is 430 g/mol. The van der Waals surface area contributed by atoms with E-state index in [1.807, 2.05) is 0 Å². The Labute approximate surface area is 188 Å². The molecule has 0 aliphatic carbocycles. The van der Waals surface area contributed by atoms with E-state index in [1.54, 1.807) is 30.3 Å². The highest BCUT2D eigenvalue weighted by Crippen LogP contribution is 2.31. The van der Waals surface area contributed by atoms with Crippen LogP contribution in [0.1, 0.15) is 31.8 Å².